The van der Waals surface area contributed by atoms with Crippen LogP contribution in [0.2, 0.25) is 0 Å². The number of amides is 1. The van der Waals surface area contributed by atoms with E-state index in [1.54, 1.807) is 6.08 Å². The van der Waals surface area contributed by atoms with E-state index in [1.165, 1.54) is 231 Å². The Morgan fingerprint density at radius 2 is 0.785 bits per heavy atom. The quantitative estimate of drug-likeness (QED) is 0.0261. The third-order valence-corrected chi connectivity index (χ3v) is 16.1. The zero-order valence-electron chi connectivity index (χ0n) is 51.6. The van der Waals surface area contributed by atoms with E-state index in [9.17, 15) is 30.3 Å². The Hall–Kier alpha value is -2.11. The Bertz CT molecular complexity index is 1430. The molecule has 462 valence electrons. The number of allylic oxidation sites excluding steroid dienone is 9. The summed E-state index contributed by atoms with van der Waals surface area (Å²) in [5, 5.41) is 54.7. The summed E-state index contributed by atoms with van der Waals surface area (Å²) in [7, 11) is 0. The Kier molecular flexibility index (Phi) is 56.0. The van der Waals surface area contributed by atoms with Crippen molar-refractivity contribution in [3.63, 3.8) is 0 Å². The van der Waals surface area contributed by atoms with Crippen LogP contribution in [0.1, 0.15) is 322 Å². The molecule has 6 N–H and O–H groups in total. The minimum atomic E-state index is -1.57. The molecule has 0 aromatic carbocycles. The van der Waals surface area contributed by atoms with Crippen LogP contribution in [-0.4, -0.2) is 87.5 Å². The maximum atomic E-state index is 13.1. The van der Waals surface area contributed by atoms with E-state index < -0.39 is 49.5 Å². The third-order valence-electron chi connectivity index (χ3n) is 16.1. The van der Waals surface area contributed by atoms with Gasteiger partial charge in [-0.1, -0.05) is 319 Å². The van der Waals surface area contributed by atoms with Crippen molar-refractivity contribution in [2.45, 2.75) is 365 Å². The SMILES string of the molecule is CC/C=C\C/C=C\C/C=C\C/C=C\CCCCCCCCCCCCC(=O)NC(COC1OC(CO)C(O)C(O)C1O)C(O)/C=C/CCCCCCCCCCCCCCCCCCCCCCCCCCCCCCCCC. The van der Waals surface area contributed by atoms with Gasteiger partial charge in [0.1, 0.15) is 24.4 Å². The van der Waals surface area contributed by atoms with Gasteiger partial charge in [-0.15, -0.1) is 0 Å². The van der Waals surface area contributed by atoms with Gasteiger partial charge in [0, 0.05) is 6.42 Å². The van der Waals surface area contributed by atoms with Gasteiger partial charge >= 0.3 is 0 Å². The zero-order valence-corrected chi connectivity index (χ0v) is 51.6. The Labute approximate surface area is 487 Å². The Morgan fingerprint density at radius 3 is 1.16 bits per heavy atom. The van der Waals surface area contributed by atoms with Crippen LogP contribution in [-0.2, 0) is 14.3 Å². The summed E-state index contributed by atoms with van der Waals surface area (Å²) in [6.45, 7) is 3.70. The Balaban J connectivity index is 2.13. The van der Waals surface area contributed by atoms with Crippen LogP contribution < -0.4 is 5.32 Å². The molecule has 1 amide bonds. The highest BCUT2D eigenvalue weighted by Gasteiger charge is 2.44. The lowest BCUT2D eigenvalue weighted by Crippen LogP contribution is -2.60. The van der Waals surface area contributed by atoms with E-state index in [4.69, 9.17) is 9.47 Å². The van der Waals surface area contributed by atoms with Crippen LogP contribution in [0.15, 0.2) is 60.8 Å². The molecule has 0 spiro atoms. The average molecular weight is 1110 g/mol. The first-order valence-corrected chi connectivity index (χ1v) is 34.0. The average Bonchev–Trinajstić information content (AvgIpc) is 3.47. The summed E-state index contributed by atoms with van der Waals surface area (Å²) in [4.78, 5) is 13.1. The number of aliphatic hydroxyl groups is 5. The van der Waals surface area contributed by atoms with Crippen molar-refractivity contribution in [2.75, 3.05) is 13.2 Å². The second-order valence-electron chi connectivity index (χ2n) is 23.6. The van der Waals surface area contributed by atoms with E-state index in [1.807, 2.05) is 6.08 Å². The number of carbonyl (C=O) groups is 1. The second-order valence-corrected chi connectivity index (χ2v) is 23.6. The van der Waals surface area contributed by atoms with Crippen molar-refractivity contribution in [3.8, 4) is 0 Å². The fraction of sp³-hybridized carbons (Fsp3) is 0.843. The summed E-state index contributed by atoms with van der Waals surface area (Å²) in [6.07, 6.45) is 74.6. The van der Waals surface area contributed by atoms with Gasteiger partial charge in [0.15, 0.2) is 6.29 Å². The van der Waals surface area contributed by atoms with Gasteiger partial charge < -0.3 is 40.3 Å². The molecule has 0 aromatic heterocycles. The highest BCUT2D eigenvalue weighted by molar-refractivity contribution is 5.76. The van der Waals surface area contributed by atoms with Crippen molar-refractivity contribution < 1.29 is 39.8 Å². The van der Waals surface area contributed by atoms with Gasteiger partial charge in [-0.25, -0.2) is 0 Å². The molecular formula is C70H129NO8. The molecule has 79 heavy (non-hydrogen) atoms. The fourth-order valence-corrected chi connectivity index (χ4v) is 10.8. The largest absolute Gasteiger partial charge is 0.394 e. The van der Waals surface area contributed by atoms with Crippen LogP contribution in [0.4, 0.5) is 0 Å². The van der Waals surface area contributed by atoms with Crippen molar-refractivity contribution in [1.29, 1.82) is 0 Å². The normalized spacial score (nSPS) is 18.9. The number of nitrogens with one attached hydrogen (secondary N) is 1. The summed E-state index contributed by atoms with van der Waals surface area (Å²) >= 11 is 0. The molecule has 7 atom stereocenters. The fourth-order valence-electron chi connectivity index (χ4n) is 10.8. The van der Waals surface area contributed by atoms with E-state index in [-0.39, 0.29) is 12.5 Å². The number of aliphatic hydroxyl groups excluding tert-OH is 5. The maximum absolute atomic E-state index is 13.1. The van der Waals surface area contributed by atoms with Gasteiger partial charge in [0.05, 0.1) is 25.4 Å². The third kappa shape index (κ3) is 48.0. The molecule has 1 fully saturated rings. The van der Waals surface area contributed by atoms with E-state index in [2.05, 4.69) is 67.8 Å². The standard InChI is InChI=1S/C70H129NO8/c1-3-5-7-9-11-13-15-17-19-21-23-25-27-28-29-30-31-32-33-34-35-36-38-39-41-43-45-47-49-51-53-55-57-59-64(73)63(62-78-70-69(77)68(76)67(75)65(61-72)79-70)71-66(74)60-58-56-54-52-50-48-46-44-42-40-37-26-24-22-20-18-16-14-12-10-8-6-4-2/h6,8,12,14,18,20,24,26,57,59,63-65,67-70,72-73,75-77H,3-5,7,9-11,13,15-17,19,21-23,25,27-56,58,60-62H2,1-2H3,(H,71,74)/b8-6-,14-12-,20-18-,26-24-,59-57+. The molecule has 7 unspecified atom stereocenters. The second kappa shape index (κ2) is 59.1. The number of hydrogen-bond acceptors (Lipinski definition) is 8. The van der Waals surface area contributed by atoms with Crippen LogP contribution in [0.3, 0.4) is 0 Å². The minimum Gasteiger partial charge on any atom is -0.394 e. The molecule has 1 heterocycles. The van der Waals surface area contributed by atoms with E-state index in [0.29, 0.717) is 6.42 Å². The number of rotatable bonds is 59. The summed E-state index contributed by atoms with van der Waals surface area (Å²) in [5.41, 5.74) is 0. The lowest BCUT2D eigenvalue weighted by molar-refractivity contribution is -0.302. The molecule has 1 aliphatic rings. The molecule has 0 saturated carbocycles. The highest BCUT2D eigenvalue weighted by Crippen LogP contribution is 2.23. The molecule has 0 radical (unpaired) electrons. The first kappa shape index (κ1) is 74.9. The molecule has 9 heteroatoms. The van der Waals surface area contributed by atoms with E-state index in [0.717, 1.165) is 70.6 Å². The number of carbonyl (C=O) groups excluding carboxylic acids is 1. The zero-order chi connectivity index (χ0) is 57.2. The van der Waals surface area contributed by atoms with E-state index >= 15 is 0 Å². The summed E-state index contributed by atoms with van der Waals surface area (Å²) in [6, 6.07) is -0.812. The van der Waals surface area contributed by atoms with Crippen LogP contribution >= 0.6 is 0 Å². The van der Waals surface area contributed by atoms with Crippen molar-refractivity contribution >= 4 is 5.91 Å². The monoisotopic (exact) mass is 1110 g/mol. The lowest BCUT2D eigenvalue weighted by atomic mass is 9.99. The molecule has 1 aliphatic heterocycles. The molecule has 0 aromatic rings. The lowest BCUT2D eigenvalue weighted by Gasteiger charge is -2.40. The van der Waals surface area contributed by atoms with Crippen molar-refractivity contribution in [3.05, 3.63) is 60.8 Å². The first-order chi connectivity index (χ1) is 38.8. The summed E-state index contributed by atoms with van der Waals surface area (Å²) < 4.78 is 11.3. The molecule has 0 bridgehead atoms. The summed E-state index contributed by atoms with van der Waals surface area (Å²) in [5.74, 6) is -0.179. The molecule has 1 saturated heterocycles. The van der Waals surface area contributed by atoms with Crippen LogP contribution in [0.25, 0.3) is 0 Å². The number of unbranched alkanes of at least 4 members (excludes halogenated alkanes) is 41. The van der Waals surface area contributed by atoms with Gasteiger partial charge in [-0.2, -0.15) is 0 Å². The topological polar surface area (TPSA) is 149 Å². The van der Waals surface area contributed by atoms with Crippen molar-refractivity contribution in [1.82, 2.24) is 5.32 Å². The van der Waals surface area contributed by atoms with Crippen LogP contribution in [0, 0.1) is 0 Å². The van der Waals surface area contributed by atoms with Gasteiger partial charge in [0.25, 0.3) is 0 Å². The molecule has 1 rings (SSSR count). The predicted octanol–water partition coefficient (Wildman–Crippen LogP) is 18.2. The molecular weight excluding hydrogens is 983 g/mol. The van der Waals surface area contributed by atoms with Crippen LogP contribution in [0.5, 0.6) is 0 Å². The molecule has 0 aliphatic carbocycles. The van der Waals surface area contributed by atoms with Crippen molar-refractivity contribution in [2.24, 2.45) is 0 Å². The smallest absolute Gasteiger partial charge is 0.220 e. The Morgan fingerprint density at radius 1 is 0.443 bits per heavy atom. The van der Waals surface area contributed by atoms with Gasteiger partial charge in [-0.05, 0) is 57.8 Å². The van der Waals surface area contributed by atoms with Gasteiger partial charge in [-0.3, -0.25) is 4.79 Å². The highest BCUT2D eigenvalue weighted by atomic mass is 16.7. The first-order valence-electron chi connectivity index (χ1n) is 34.0. The predicted molar refractivity (Wildman–Crippen MR) is 336 cm³/mol. The molecule has 9 nitrogen and oxygen atoms in total. The minimum absolute atomic E-state index is 0.179. The maximum Gasteiger partial charge on any atom is 0.220 e. The van der Waals surface area contributed by atoms with Gasteiger partial charge in [0.2, 0.25) is 5.91 Å². The number of hydrogen-bond donors (Lipinski definition) is 6. The number of ether oxygens (including phenoxy) is 2.